The van der Waals surface area contributed by atoms with Crippen LogP contribution in [0, 0.1) is 6.92 Å². The molecule has 1 amide bonds. The topological polar surface area (TPSA) is 50.2 Å². The Hall–Kier alpha value is -1.36. The second-order valence-electron chi connectivity index (χ2n) is 4.47. The molecule has 0 radical (unpaired) electrons. The highest BCUT2D eigenvalue weighted by molar-refractivity contribution is 5.81. The first-order valence-electron chi connectivity index (χ1n) is 6.59. The summed E-state index contributed by atoms with van der Waals surface area (Å²) >= 11 is 0. The molecule has 0 aliphatic rings. The van der Waals surface area contributed by atoms with Gasteiger partial charge in [0.2, 0.25) is 5.91 Å². The number of nitrogens with zero attached hydrogens (tertiary/aromatic N) is 3. The van der Waals surface area contributed by atoms with Gasteiger partial charge in [0.1, 0.15) is 0 Å². The molecule has 0 spiro atoms. The molecular weight excluding hydrogens is 228 g/mol. The molecule has 18 heavy (non-hydrogen) atoms. The van der Waals surface area contributed by atoms with Crippen LogP contribution in [0.5, 0.6) is 0 Å². The van der Waals surface area contributed by atoms with E-state index in [0.29, 0.717) is 0 Å². The van der Waals surface area contributed by atoms with Crippen LogP contribution in [0.4, 0.5) is 0 Å². The molecule has 102 valence electrons. The third kappa shape index (κ3) is 4.14. The minimum atomic E-state index is -0.137. The fraction of sp³-hybridized carbons (Fsp3) is 0.692. The highest BCUT2D eigenvalue weighted by atomic mass is 16.2. The van der Waals surface area contributed by atoms with Crippen molar-refractivity contribution in [3.8, 4) is 0 Å². The van der Waals surface area contributed by atoms with Gasteiger partial charge in [-0.25, -0.2) is 0 Å². The van der Waals surface area contributed by atoms with Gasteiger partial charge in [-0.05, 0) is 33.3 Å². The molecule has 5 heteroatoms. The molecule has 0 fully saturated rings. The van der Waals surface area contributed by atoms with Gasteiger partial charge in [0.15, 0.2) is 0 Å². The zero-order chi connectivity index (χ0) is 13.5. The maximum absolute atomic E-state index is 12.0. The number of carbonyl (C=O) groups is 1. The lowest BCUT2D eigenvalue weighted by Gasteiger charge is -2.23. The Labute approximate surface area is 109 Å². The van der Waals surface area contributed by atoms with E-state index >= 15 is 0 Å². The van der Waals surface area contributed by atoms with Gasteiger partial charge in [0.25, 0.3) is 0 Å². The van der Waals surface area contributed by atoms with E-state index in [1.54, 1.807) is 0 Å². The van der Waals surface area contributed by atoms with Gasteiger partial charge < -0.3 is 10.2 Å². The molecule has 0 aliphatic carbocycles. The van der Waals surface area contributed by atoms with E-state index in [-0.39, 0.29) is 11.9 Å². The molecule has 0 aromatic carbocycles. The average Bonchev–Trinajstić information content (AvgIpc) is 2.76. The Kier molecular flexibility index (Phi) is 5.85. The number of amides is 1. The quantitative estimate of drug-likeness (QED) is 0.789. The van der Waals surface area contributed by atoms with Gasteiger partial charge in [0.05, 0.1) is 18.8 Å². The molecule has 1 rings (SSSR count). The predicted octanol–water partition coefficient (Wildman–Crippen LogP) is 1.04. The van der Waals surface area contributed by atoms with Gasteiger partial charge in [0, 0.05) is 25.8 Å². The molecule has 1 unspecified atom stereocenters. The van der Waals surface area contributed by atoms with Crippen molar-refractivity contribution in [3.63, 3.8) is 0 Å². The fourth-order valence-corrected chi connectivity index (χ4v) is 1.88. The Balaban J connectivity index is 2.32. The van der Waals surface area contributed by atoms with E-state index in [1.165, 1.54) is 0 Å². The normalized spacial score (nSPS) is 12.4. The highest BCUT2D eigenvalue weighted by Gasteiger charge is 2.16. The van der Waals surface area contributed by atoms with Crippen molar-refractivity contribution in [2.24, 2.45) is 0 Å². The number of aromatic nitrogens is 2. The number of carbonyl (C=O) groups excluding carboxylic acids is 1. The molecule has 1 atom stereocenters. The van der Waals surface area contributed by atoms with Crippen LogP contribution in [-0.2, 0) is 11.3 Å². The zero-order valence-corrected chi connectivity index (χ0v) is 11.8. The van der Waals surface area contributed by atoms with Crippen molar-refractivity contribution >= 4 is 5.91 Å². The second-order valence-corrected chi connectivity index (χ2v) is 4.47. The Morgan fingerprint density at radius 3 is 2.67 bits per heavy atom. The molecule has 5 nitrogen and oxygen atoms in total. The first kappa shape index (κ1) is 14.7. The Morgan fingerprint density at radius 1 is 1.50 bits per heavy atom. The smallest absolute Gasteiger partial charge is 0.239 e. The fourth-order valence-electron chi connectivity index (χ4n) is 1.88. The maximum Gasteiger partial charge on any atom is 0.239 e. The second kappa shape index (κ2) is 7.16. The standard InChI is InChI=1S/C13H24N4O/c1-5-16(6-2)13(18)12(4)14-7-8-17-10-11(3)9-15-17/h9-10,12,14H,5-8H2,1-4H3. The van der Waals surface area contributed by atoms with Crippen LogP contribution in [-0.4, -0.2) is 46.3 Å². The summed E-state index contributed by atoms with van der Waals surface area (Å²) in [6.07, 6.45) is 3.84. The summed E-state index contributed by atoms with van der Waals surface area (Å²) in [5.74, 6) is 0.164. The summed E-state index contributed by atoms with van der Waals surface area (Å²) in [5, 5.41) is 7.44. The summed E-state index contributed by atoms with van der Waals surface area (Å²) in [4.78, 5) is 13.8. The molecule has 1 aromatic rings. The predicted molar refractivity (Wildman–Crippen MR) is 72.4 cm³/mol. The zero-order valence-electron chi connectivity index (χ0n) is 11.8. The first-order chi connectivity index (χ1) is 8.58. The molecule has 1 N–H and O–H groups in total. The van der Waals surface area contributed by atoms with Crippen LogP contribution in [0.3, 0.4) is 0 Å². The van der Waals surface area contributed by atoms with Crippen LogP contribution < -0.4 is 5.32 Å². The van der Waals surface area contributed by atoms with Crippen LogP contribution in [0.25, 0.3) is 0 Å². The molecule has 0 saturated heterocycles. The van der Waals surface area contributed by atoms with Gasteiger partial charge in [-0.2, -0.15) is 5.10 Å². The van der Waals surface area contributed by atoms with Crippen molar-refractivity contribution in [2.75, 3.05) is 19.6 Å². The molecule has 1 aromatic heterocycles. The molecule has 1 heterocycles. The van der Waals surface area contributed by atoms with Crippen molar-refractivity contribution in [1.82, 2.24) is 20.0 Å². The number of hydrogen-bond acceptors (Lipinski definition) is 3. The molecule has 0 saturated carbocycles. The maximum atomic E-state index is 12.0. The Bertz CT molecular complexity index is 371. The number of hydrogen-bond donors (Lipinski definition) is 1. The summed E-state index contributed by atoms with van der Waals surface area (Å²) in [7, 11) is 0. The van der Waals surface area contributed by atoms with Gasteiger partial charge >= 0.3 is 0 Å². The van der Waals surface area contributed by atoms with Crippen LogP contribution in [0.1, 0.15) is 26.3 Å². The lowest BCUT2D eigenvalue weighted by atomic mass is 10.3. The van der Waals surface area contributed by atoms with Crippen molar-refractivity contribution in [2.45, 2.75) is 40.3 Å². The third-order valence-corrected chi connectivity index (χ3v) is 3.00. The SMILES string of the molecule is CCN(CC)C(=O)C(C)NCCn1cc(C)cn1. The molecule has 0 bridgehead atoms. The number of likely N-dealkylation sites (N-methyl/N-ethyl adjacent to an activating group) is 1. The van der Waals surface area contributed by atoms with Gasteiger partial charge in [-0.15, -0.1) is 0 Å². The lowest BCUT2D eigenvalue weighted by molar-refractivity contribution is -0.132. The summed E-state index contributed by atoms with van der Waals surface area (Å²) < 4.78 is 1.89. The van der Waals surface area contributed by atoms with E-state index in [2.05, 4.69) is 10.4 Å². The van der Waals surface area contributed by atoms with Crippen molar-refractivity contribution in [3.05, 3.63) is 18.0 Å². The van der Waals surface area contributed by atoms with E-state index in [4.69, 9.17) is 0 Å². The van der Waals surface area contributed by atoms with Gasteiger partial charge in [-0.3, -0.25) is 9.48 Å². The largest absolute Gasteiger partial charge is 0.342 e. The third-order valence-electron chi connectivity index (χ3n) is 3.00. The van der Waals surface area contributed by atoms with Crippen LogP contribution in [0.15, 0.2) is 12.4 Å². The van der Waals surface area contributed by atoms with Crippen LogP contribution >= 0.6 is 0 Å². The van der Waals surface area contributed by atoms with E-state index in [0.717, 1.165) is 31.7 Å². The van der Waals surface area contributed by atoms with E-state index in [1.807, 2.05) is 49.7 Å². The summed E-state index contributed by atoms with van der Waals surface area (Å²) in [6.45, 7) is 11.0. The number of nitrogens with one attached hydrogen (secondary N) is 1. The van der Waals surface area contributed by atoms with Crippen LogP contribution in [0.2, 0.25) is 0 Å². The van der Waals surface area contributed by atoms with Crippen molar-refractivity contribution < 1.29 is 4.79 Å². The van der Waals surface area contributed by atoms with Crippen molar-refractivity contribution in [1.29, 1.82) is 0 Å². The van der Waals surface area contributed by atoms with E-state index < -0.39 is 0 Å². The van der Waals surface area contributed by atoms with Gasteiger partial charge in [-0.1, -0.05) is 0 Å². The Morgan fingerprint density at radius 2 is 2.17 bits per heavy atom. The molecular formula is C13H24N4O. The average molecular weight is 252 g/mol. The number of rotatable bonds is 7. The summed E-state index contributed by atoms with van der Waals surface area (Å²) in [5.41, 5.74) is 1.15. The first-order valence-corrected chi connectivity index (χ1v) is 6.59. The lowest BCUT2D eigenvalue weighted by Crippen LogP contribution is -2.45. The summed E-state index contributed by atoms with van der Waals surface area (Å²) in [6, 6.07) is -0.137. The minimum Gasteiger partial charge on any atom is -0.342 e. The monoisotopic (exact) mass is 252 g/mol. The molecule has 0 aliphatic heterocycles. The minimum absolute atomic E-state index is 0.137. The van der Waals surface area contributed by atoms with E-state index in [9.17, 15) is 4.79 Å². The number of aryl methyl sites for hydroxylation is 1. The highest BCUT2D eigenvalue weighted by Crippen LogP contribution is 1.96.